The summed E-state index contributed by atoms with van der Waals surface area (Å²) in [6.07, 6.45) is 0.431. The van der Waals surface area contributed by atoms with Crippen LogP contribution >= 0.6 is 33.6 Å². The van der Waals surface area contributed by atoms with Crippen LogP contribution in [0, 0.1) is 10.1 Å². The highest BCUT2D eigenvalue weighted by Crippen LogP contribution is 2.40. The SMILES string of the molecule is C=S(c1cc(OC)c(OC)cc1Cc1nnc2sc(-c3ccc([N+](=O)[O-])cc3Cl)nn12)N(C)C. The number of nitro groups is 1. The molecule has 34 heavy (non-hydrogen) atoms. The van der Waals surface area contributed by atoms with E-state index in [4.69, 9.17) is 21.1 Å². The van der Waals surface area contributed by atoms with E-state index in [1.54, 1.807) is 24.8 Å². The number of nitrogens with zero attached hydrogens (tertiary/aromatic N) is 6. The van der Waals surface area contributed by atoms with Crippen molar-refractivity contribution in [3.8, 4) is 22.1 Å². The fourth-order valence-corrected chi connectivity index (χ4v) is 5.58. The number of aromatic nitrogens is 4. The number of hydrogen-bond acceptors (Lipinski definition) is 9. The molecule has 0 aliphatic rings. The Morgan fingerprint density at radius 1 is 1.21 bits per heavy atom. The van der Waals surface area contributed by atoms with Gasteiger partial charge in [-0.1, -0.05) is 39.5 Å². The van der Waals surface area contributed by atoms with Crippen molar-refractivity contribution in [2.45, 2.75) is 11.3 Å². The molecule has 0 aliphatic carbocycles. The number of non-ortho nitro benzene ring substituents is 1. The first-order valence-electron chi connectivity index (χ1n) is 9.85. The monoisotopic (exact) mass is 520 g/mol. The van der Waals surface area contributed by atoms with E-state index in [1.165, 1.54) is 23.5 Å². The zero-order valence-electron chi connectivity index (χ0n) is 18.8. The summed E-state index contributed by atoms with van der Waals surface area (Å²) in [4.78, 5) is 12.1. The third-order valence-electron chi connectivity index (χ3n) is 5.06. The Morgan fingerprint density at radius 3 is 2.53 bits per heavy atom. The summed E-state index contributed by atoms with van der Waals surface area (Å²) in [5, 5.41) is 25.1. The molecule has 0 aliphatic heterocycles. The number of methoxy groups -OCH3 is 2. The zero-order chi connectivity index (χ0) is 24.6. The maximum absolute atomic E-state index is 11.0. The molecule has 13 heteroatoms. The number of benzene rings is 2. The van der Waals surface area contributed by atoms with E-state index in [9.17, 15) is 10.1 Å². The van der Waals surface area contributed by atoms with Gasteiger partial charge < -0.3 is 9.47 Å². The van der Waals surface area contributed by atoms with Crippen LogP contribution in [-0.4, -0.2) is 63.2 Å². The Hall–Kier alpha value is -3.06. The predicted molar refractivity (Wildman–Crippen MR) is 135 cm³/mol. The number of rotatable bonds is 8. The number of fused-ring (bicyclic) bond motifs is 1. The van der Waals surface area contributed by atoms with Crippen molar-refractivity contribution in [3.05, 3.63) is 56.9 Å². The van der Waals surface area contributed by atoms with Crippen molar-refractivity contribution in [2.24, 2.45) is 0 Å². The van der Waals surface area contributed by atoms with Gasteiger partial charge in [-0.3, -0.25) is 14.4 Å². The first-order valence-corrected chi connectivity index (χ1v) is 12.4. The van der Waals surface area contributed by atoms with Crippen LogP contribution in [0.5, 0.6) is 11.5 Å². The lowest BCUT2D eigenvalue weighted by molar-refractivity contribution is -0.384. The van der Waals surface area contributed by atoms with Crippen LogP contribution in [0.25, 0.3) is 15.5 Å². The van der Waals surface area contributed by atoms with Gasteiger partial charge in [-0.05, 0) is 37.9 Å². The van der Waals surface area contributed by atoms with E-state index in [2.05, 4.69) is 21.2 Å². The Morgan fingerprint density at radius 2 is 1.91 bits per heavy atom. The van der Waals surface area contributed by atoms with E-state index in [1.807, 2.05) is 30.5 Å². The van der Waals surface area contributed by atoms with Crippen molar-refractivity contribution in [1.29, 1.82) is 0 Å². The summed E-state index contributed by atoms with van der Waals surface area (Å²) in [5.74, 6) is 6.16. The van der Waals surface area contributed by atoms with Crippen molar-refractivity contribution < 1.29 is 14.4 Å². The van der Waals surface area contributed by atoms with E-state index in [0.717, 1.165) is 10.5 Å². The maximum atomic E-state index is 11.0. The molecular formula is C21H21ClN6O4S2. The fraction of sp³-hybridized carbons (Fsp3) is 0.238. The molecule has 4 rings (SSSR count). The largest absolute Gasteiger partial charge is 0.493 e. The lowest BCUT2D eigenvalue weighted by Gasteiger charge is -2.20. The van der Waals surface area contributed by atoms with Gasteiger partial charge in [-0.2, -0.15) is 9.61 Å². The molecule has 178 valence electrons. The van der Waals surface area contributed by atoms with Crippen LogP contribution in [0.15, 0.2) is 35.2 Å². The van der Waals surface area contributed by atoms with Crippen LogP contribution in [0.1, 0.15) is 11.4 Å². The Balaban J connectivity index is 1.76. The molecule has 0 saturated carbocycles. The van der Waals surface area contributed by atoms with E-state index in [0.29, 0.717) is 39.3 Å². The van der Waals surface area contributed by atoms with Gasteiger partial charge in [-0.25, -0.2) is 0 Å². The Kier molecular flexibility index (Phi) is 6.84. The first kappa shape index (κ1) is 24.1. The molecule has 4 aromatic rings. The molecule has 10 nitrogen and oxygen atoms in total. The first-order chi connectivity index (χ1) is 16.2. The average Bonchev–Trinajstić information content (AvgIpc) is 3.39. The standard InChI is InChI=1S/C21H21ClN6O4S2/c1-26(2)34(5)18-11-17(32-4)16(31-3)8-12(18)9-19-23-24-21-27(19)25-20(33-21)14-7-6-13(28(29)30)10-15(14)22/h6-8,10-11H,5,9H2,1-4H3. The lowest BCUT2D eigenvalue weighted by atomic mass is 10.1. The highest BCUT2D eigenvalue weighted by Gasteiger charge is 2.20. The summed E-state index contributed by atoms with van der Waals surface area (Å²) >= 11 is 7.60. The Bertz CT molecular complexity index is 1420. The molecule has 0 fully saturated rings. The molecular weight excluding hydrogens is 500 g/mol. The number of halogens is 1. The third kappa shape index (κ3) is 4.49. The van der Waals surface area contributed by atoms with Gasteiger partial charge in [-0.15, -0.1) is 10.2 Å². The second-order valence-corrected chi connectivity index (χ2v) is 10.6. The van der Waals surface area contributed by atoms with Crippen LogP contribution in [0.4, 0.5) is 5.69 Å². The van der Waals surface area contributed by atoms with Gasteiger partial charge in [0.25, 0.3) is 5.69 Å². The summed E-state index contributed by atoms with van der Waals surface area (Å²) in [5.41, 5.74) is 1.47. The van der Waals surface area contributed by atoms with Gasteiger partial charge in [0, 0.05) is 29.0 Å². The topological polar surface area (TPSA) is 108 Å². The smallest absolute Gasteiger partial charge is 0.270 e. The van der Waals surface area contributed by atoms with Crippen LogP contribution in [0.3, 0.4) is 0 Å². The minimum atomic E-state index is -0.489. The quantitative estimate of drug-likeness (QED) is 0.189. The lowest BCUT2D eigenvalue weighted by Crippen LogP contribution is -2.07. The van der Waals surface area contributed by atoms with Crippen molar-refractivity contribution in [3.63, 3.8) is 0 Å². The van der Waals surface area contributed by atoms with Crippen LogP contribution < -0.4 is 9.47 Å². The fourth-order valence-electron chi connectivity index (χ4n) is 3.29. The number of nitro benzene ring substituents is 1. The zero-order valence-corrected chi connectivity index (χ0v) is 21.2. The van der Waals surface area contributed by atoms with Crippen molar-refractivity contribution in [1.82, 2.24) is 24.1 Å². The molecule has 2 heterocycles. The van der Waals surface area contributed by atoms with Crippen molar-refractivity contribution >= 4 is 50.1 Å². The molecule has 2 aromatic heterocycles. The van der Waals surface area contributed by atoms with Gasteiger partial charge in [0.15, 0.2) is 17.3 Å². The third-order valence-corrected chi connectivity index (χ3v) is 8.07. The highest BCUT2D eigenvalue weighted by atomic mass is 35.5. The predicted octanol–water partition coefficient (Wildman–Crippen LogP) is 4.56. The van der Waals surface area contributed by atoms with Crippen LogP contribution in [0.2, 0.25) is 5.02 Å². The summed E-state index contributed by atoms with van der Waals surface area (Å²) in [7, 11) is 6.67. The molecule has 0 spiro atoms. The van der Waals surface area contributed by atoms with Gasteiger partial charge >= 0.3 is 0 Å². The average molecular weight is 521 g/mol. The molecule has 2 aromatic carbocycles. The molecule has 0 bridgehead atoms. The van der Waals surface area contributed by atoms with E-state index in [-0.39, 0.29) is 10.7 Å². The van der Waals surface area contributed by atoms with Gasteiger partial charge in [0.2, 0.25) is 4.96 Å². The number of ether oxygens (including phenoxy) is 2. The van der Waals surface area contributed by atoms with Crippen LogP contribution in [-0.2, 0) is 6.42 Å². The minimum absolute atomic E-state index is 0.0807. The second-order valence-electron chi connectivity index (χ2n) is 7.31. The maximum Gasteiger partial charge on any atom is 0.270 e. The van der Waals surface area contributed by atoms with Crippen molar-refractivity contribution in [2.75, 3.05) is 28.3 Å². The molecule has 0 saturated heterocycles. The molecule has 1 unspecified atom stereocenters. The summed E-state index contributed by atoms with van der Waals surface area (Å²) < 4.78 is 14.7. The summed E-state index contributed by atoms with van der Waals surface area (Å²) in [6.45, 7) is 0. The molecule has 0 amide bonds. The van der Waals surface area contributed by atoms with E-state index < -0.39 is 15.6 Å². The summed E-state index contributed by atoms with van der Waals surface area (Å²) in [6, 6.07) is 8.16. The second kappa shape index (κ2) is 9.66. The molecule has 0 radical (unpaired) electrons. The van der Waals surface area contributed by atoms with E-state index >= 15 is 0 Å². The molecule has 0 N–H and O–H groups in total. The van der Waals surface area contributed by atoms with Gasteiger partial charge in [0.05, 0.1) is 24.2 Å². The molecule has 1 atom stereocenters. The number of hydrogen-bond donors (Lipinski definition) is 0. The minimum Gasteiger partial charge on any atom is -0.493 e. The normalized spacial score (nSPS) is 12.3. The Labute approximate surface area is 206 Å². The highest BCUT2D eigenvalue weighted by molar-refractivity contribution is 8.12. The van der Waals surface area contributed by atoms with Gasteiger partial charge in [0.1, 0.15) is 5.01 Å².